The average Bonchev–Trinajstić information content (AvgIpc) is 3.20. The molecule has 2 aliphatic heterocycles. The number of alkyl halides is 2. The number of ether oxygens (including phenoxy) is 1. The van der Waals surface area contributed by atoms with E-state index in [2.05, 4.69) is 25.8 Å². The van der Waals surface area contributed by atoms with Crippen LogP contribution in [0.25, 0.3) is 0 Å². The van der Waals surface area contributed by atoms with Gasteiger partial charge in [0.15, 0.2) is 0 Å². The van der Waals surface area contributed by atoms with Crippen LogP contribution in [0.4, 0.5) is 16.2 Å². The predicted octanol–water partition coefficient (Wildman–Crippen LogP) is 10.1. The number of nitrogens with zero attached hydrogens (tertiary/aromatic N) is 3. The standard InChI is InChI=1S/C23H27Cl2N3O3.C18H19Cl2N3O.CH2Cl2/c1-23(2,3)31-22(30)27-11-12-28(20(14-27)15-5-8-17(24)9-6-15)19-10-7-16(13-18(19)25)21(29)26-4;1-21-18(24)13-4-7-16(15(20)10-13)23-9-8-22-11-17(23)12-2-5-14(19)6-3-12;2-1-3/h5-10,13,20H,11-12,14H2,1-4H3,(H,26,29);2-7,10,17,22H,8-9,11H2,1H3,(H,21,24);1H2/t20-;17-;/m00./s1. The van der Waals surface area contributed by atoms with Crippen LogP contribution in [0.15, 0.2) is 84.9 Å². The molecule has 10 nitrogen and oxygen atoms in total. The minimum absolute atomic E-state index is 0.141. The van der Waals surface area contributed by atoms with Crippen molar-refractivity contribution in [1.29, 1.82) is 0 Å². The Labute approximate surface area is 371 Å². The zero-order valence-corrected chi connectivity index (χ0v) is 37.5. The Morgan fingerprint density at radius 2 is 1.14 bits per heavy atom. The van der Waals surface area contributed by atoms with E-state index in [1.165, 1.54) is 5.56 Å². The largest absolute Gasteiger partial charge is 0.444 e. The van der Waals surface area contributed by atoms with Gasteiger partial charge in [-0.15, -0.1) is 23.2 Å². The van der Waals surface area contributed by atoms with Gasteiger partial charge in [-0.25, -0.2) is 4.79 Å². The maximum atomic E-state index is 12.7. The van der Waals surface area contributed by atoms with E-state index < -0.39 is 5.60 Å². The summed E-state index contributed by atoms with van der Waals surface area (Å²) in [4.78, 5) is 42.6. The van der Waals surface area contributed by atoms with E-state index in [9.17, 15) is 14.4 Å². The lowest BCUT2D eigenvalue weighted by Gasteiger charge is -2.43. The Morgan fingerprint density at radius 3 is 1.57 bits per heavy atom. The van der Waals surface area contributed by atoms with E-state index in [-0.39, 0.29) is 35.3 Å². The first-order valence-corrected chi connectivity index (χ1v) is 21.1. The molecule has 0 bridgehead atoms. The summed E-state index contributed by atoms with van der Waals surface area (Å²) in [6, 6.07) is 26.2. The summed E-state index contributed by atoms with van der Waals surface area (Å²) in [5.41, 5.74) is 4.41. The number of carbonyl (C=O) groups is 3. The van der Waals surface area contributed by atoms with Crippen LogP contribution in [-0.2, 0) is 4.74 Å². The number of anilines is 2. The molecule has 0 aromatic heterocycles. The summed E-state index contributed by atoms with van der Waals surface area (Å²) < 4.78 is 5.58. The smallest absolute Gasteiger partial charge is 0.410 e. The second-order valence-electron chi connectivity index (χ2n) is 14.2. The van der Waals surface area contributed by atoms with Crippen molar-refractivity contribution >= 4 is 98.9 Å². The molecule has 58 heavy (non-hydrogen) atoms. The van der Waals surface area contributed by atoms with Gasteiger partial charge >= 0.3 is 6.09 Å². The van der Waals surface area contributed by atoms with Crippen LogP contribution in [0.5, 0.6) is 0 Å². The van der Waals surface area contributed by atoms with Gasteiger partial charge in [-0.1, -0.05) is 70.7 Å². The van der Waals surface area contributed by atoms with E-state index in [1.54, 1.807) is 43.3 Å². The Balaban J connectivity index is 0.000000247. The Hall–Kier alpha value is -3.61. The molecule has 0 saturated carbocycles. The number of carbonyl (C=O) groups excluding carboxylic acids is 3. The third-order valence-electron chi connectivity index (χ3n) is 9.28. The summed E-state index contributed by atoms with van der Waals surface area (Å²) in [5.74, 6) is -0.338. The van der Waals surface area contributed by atoms with Gasteiger partial charge in [-0.2, -0.15) is 0 Å². The van der Waals surface area contributed by atoms with Gasteiger partial charge in [0.05, 0.1) is 38.8 Å². The SMILES string of the molecule is CNC(=O)c1ccc(N2CCN(C(=O)OC(C)(C)C)C[C@H]2c2ccc(Cl)cc2)c(Cl)c1.CNC(=O)c1ccc(N2CCNC[C@H]2c2ccc(Cl)cc2)c(Cl)c1.ClCCl. The molecule has 2 aliphatic rings. The molecule has 0 unspecified atom stereocenters. The van der Waals surface area contributed by atoms with Crippen molar-refractivity contribution in [3.63, 3.8) is 0 Å². The van der Waals surface area contributed by atoms with Crippen molar-refractivity contribution in [3.05, 3.63) is 127 Å². The first-order valence-electron chi connectivity index (χ1n) is 18.5. The maximum Gasteiger partial charge on any atom is 0.410 e. The van der Waals surface area contributed by atoms with E-state index in [4.69, 9.17) is 74.3 Å². The second-order valence-corrected chi connectivity index (χ2v) is 16.7. The highest BCUT2D eigenvalue weighted by atomic mass is 35.5. The second kappa shape index (κ2) is 22.1. The van der Waals surface area contributed by atoms with Crippen molar-refractivity contribution in [2.75, 3.05) is 68.5 Å². The zero-order valence-electron chi connectivity index (χ0n) is 32.9. The molecular formula is C42H48Cl6N6O4. The van der Waals surface area contributed by atoms with E-state index in [1.807, 2.05) is 81.4 Å². The van der Waals surface area contributed by atoms with Crippen molar-refractivity contribution in [2.45, 2.75) is 38.5 Å². The van der Waals surface area contributed by atoms with Crippen molar-refractivity contribution < 1.29 is 19.1 Å². The van der Waals surface area contributed by atoms with E-state index in [0.717, 1.165) is 41.6 Å². The molecule has 0 radical (unpaired) electrons. The molecular weight excluding hydrogens is 865 g/mol. The molecule has 6 rings (SSSR count). The lowest BCUT2D eigenvalue weighted by molar-refractivity contribution is 0.0214. The van der Waals surface area contributed by atoms with Crippen LogP contribution in [-0.4, -0.2) is 87.1 Å². The fourth-order valence-corrected chi connectivity index (χ4v) is 7.39. The monoisotopic (exact) mass is 910 g/mol. The van der Waals surface area contributed by atoms with E-state index in [0.29, 0.717) is 45.8 Å². The minimum Gasteiger partial charge on any atom is -0.444 e. The van der Waals surface area contributed by atoms with E-state index >= 15 is 0 Å². The molecule has 2 atom stereocenters. The van der Waals surface area contributed by atoms with Gasteiger partial charge in [0.2, 0.25) is 0 Å². The van der Waals surface area contributed by atoms with Crippen LogP contribution in [0.1, 0.15) is 64.7 Å². The van der Waals surface area contributed by atoms with Gasteiger partial charge in [-0.05, 0) is 92.6 Å². The summed E-state index contributed by atoms with van der Waals surface area (Å²) in [6.45, 7) is 9.60. The maximum absolute atomic E-state index is 12.7. The quantitative estimate of drug-likeness (QED) is 0.166. The molecule has 4 aromatic rings. The molecule has 3 amide bonds. The normalized spacial score (nSPS) is 16.6. The molecule has 4 aromatic carbocycles. The Morgan fingerprint density at radius 1 is 0.690 bits per heavy atom. The number of hydrogen-bond acceptors (Lipinski definition) is 7. The van der Waals surface area contributed by atoms with Gasteiger partial charge in [-0.3, -0.25) is 9.59 Å². The Bertz CT molecular complexity index is 2000. The van der Waals surface area contributed by atoms with Crippen molar-refractivity contribution in [2.24, 2.45) is 0 Å². The van der Waals surface area contributed by atoms with Gasteiger partial charge < -0.3 is 35.4 Å². The topological polar surface area (TPSA) is 106 Å². The fourth-order valence-electron chi connectivity index (χ4n) is 6.56. The molecule has 2 fully saturated rings. The van der Waals surface area contributed by atoms with Crippen LogP contribution in [0, 0.1) is 0 Å². The lowest BCUT2D eigenvalue weighted by Crippen LogP contribution is -2.51. The zero-order chi connectivity index (χ0) is 42.6. The number of halogens is 6. The van der Waals surface area contributed by atoms with Crippen LogP contribution < -0.4 is 25.8 Å². The fraction of sp³-hybridized carbons (Fsp3) is 0.357. The Kier molecular flexibility index (Phi) is 18.0. The molecule has 2 heterocycles. The molecule has 0 spiro atoms. The van der Waals surface area contributed by atoms with Crippen LogP contribution in [0.3, 0.4) is 0 Å². The van der Waals surface area contributed by atoms with Crippen molar-refractivity contribution in [3.8, 4) is 0 Å². The molecule has 16 heteroatoms. The number of amides is 3. The first-order chi connectivity index (χ1) is 27.6. The summed E-state index contributed by atoms with van der Waals surface area (Å²) in [6.07, 6.45) is -0.341. The molecule has 312 valence electrons. The average molecular weight is 914 g/mol. The molecule has 3 N–H and O–H groups in total. The third-order valence-corrected chi connectivity index (χ3v) is 10.4. The highest BCUT2D eigenvalue weighted by Gasteiger charge is 2.34. The number of nitrogens with one attached hydrogen (secondary N) is 3. The van der Waals surface area contributed by atoms with Gasteiger partial charge in [0, 0.05) is 74.5 Å². The number of rotatable bonds is 6. The van der Waals surface area contributed by atoms with Crippen LogP contribution in [0.2, 0.25) is 20.1 Å². The van der Waals surface area contributed by atoms with Gasteiger partial charge in [0.25, 0.3) is 11.8 Å². The number of benzene rings is 4. The summed E-state index contributed by atoms with van der Waals surface area (Å²) in [7, 11) is 3.19. The number of piperazine rings is 2. The first kappa shape index (κ1) is 47.1. The summed E-state index contributed by atoms with van der Waals surface area (Å²) in [5, 5.41) is 11.3. The summed E-state index contributed by atoms with van der Waals surface area (Å²) >= 11 is 34.7. The predicted molar refractivity (Wildman–Crippen MR) is 240 cm³/mol. The molecule has 2 saturated heterocycles. The van der Waals surface area contributed by atoms with Crippen molar-refractivity contribution in [1.82, 2.24) is 20.9 Å². The molecule has 0 aliphatic carbocycles. The number of hydrogen-bond donors (Lipinski definition) is 3. The highest BCUT2D eigenvalue weighted by Crippen LogP contribution is 2.37. The third kappa shape index (κ3) is 12.9. The minimum atomic E-state index is -0.566. The van der Waals surface area contributed by atoms with Crippen LogP contribution >= 0.6 is 69.6 Å². The lowest BCUT2D eigenvalue weighted by atomic mass is 10.0. The highest BCUT2D eigenvalue weighted by molar-refractivity contribution is 6.40. The van der Waals surface area contributed by atoms with Gasteiger partial charge in [0.1, 0.15) is 5.60 Å².